The maximum Gasteiger partial charge on any atom is 0.257 e. The highest BCUT2D eigenvalue weighted by Crippen LogP contribution is 2.39. The number of amides is 1. The van der Waals surface area contributed by atoms with Crippen LogP contribution < -0.4 is 10.6 Å². The third kappa shape index (κ3) is 4.34. The average molecular weight is 457 g/mol. The van der Waals surface area contributed by atoms with Gasteiger partial charge in [-0.2, -0.15) is 0 Å². The molecule has 0 fully saturated rings. The molecule has 0 aliphatic carbocycles. The highest BCUT2D eigenvalue weighted by molar-refractivity contribution is 7.91. The van der Waals surface area contributed by atoms with Crippen molar-refractivity contribution in [2.75, 3.05) is 36.0 Å². The minimum Gasteiger partial charge on any atom is -0.361 e. The molecular formula is C22H24N4O3S2. The number of sulfone groups is 1. The lowest BCUT2D eigenvalue weighted by Gasteiger charge is -2.17. The predicted octanol–water partition coefficient (Wildman–Crippen LogP) is 3.82. The number of carbonyl (C=O) groups is 1. The van der Waals surface area contributed by atoms with E-state index in [2.05, 4.69) is 20.5 Å². The first-order valence-corrected chi connectivity index (χ1v) is 12.7. The number of thiazole rings is 1. The van der Waals surface area contributed by atoms with E-state index in [1.165, 1.54) is 11.3 Å². The summed E-state index contributed by atoms with van der Waals surface area (Å²) in [7, 11) is -3.34. The van der Waals surface area contributed by atoms with Crippen molar-refractivity contribution in [3.8, 4) is 0 Å². The first kappa shape index (κ1) is 21.5. The van der Waals surface area contributed by atoms with Crippen LogP contribution in [0.3, 0.4) is 0 Å². The second-order valence-corrected chi connectivity index (χ2v) is 10.2. The van der Waals surface area contributed by atoms with Crippen molar-refractivity contribution in [2.45, 2.75) is 18.7 Å². The Labute approximate surface area is 185 Å². The van der Waals surface area contributed by atoms with Gasteiger partial charge in [-0.15, -0.1) is 11.3 Å². The molecule has 0 saturated carbocycles. The van der Waals surface area contributed by atoms with Crippen molar-refractivity contribution in [1.29, 1.82) is 0 Å². The Bertz CT molecular complexity index is 1240. The smallest absolute Gasteiger partial charge is 0.257 e. The summed E-state index contributed by atoms with van der Waals surface area (Å²) in [5.41, 5.74) is 5.45. The largest absolute Gasteiger partial charge is 0.361 e. The van der Waals surface area contributed by atoms with Gasteiger partial charge in [0, 0.05) is 24.0 Å². The van der Waals surface area contributed by atoms with Gasteiger partial charge in [0.05, 0.1) is 37.6 Å². The molecule has 3 aromatic rings. The molecule has 0 atom stereocenters. The molecule has 1 aromatic heterocycles. The number of nitrogens with zero attached hydrogens (tertiary/aromatic N) is 2. The number of nitrogens with one attached hydrogen (secondary N) is 2. The van der Waals surface area contributed by atoms with Crippen LogP contribution in [0.1, 0.15) is 19.4 Å². The fourth-order valence-electron chi connectivity index (χ4n) is 3.56. The first-order chi connectivity index (χ1) is 14.9. The van der Waals surface area contributed by atoms with Crippen molar-refractivity contribution in [3.05, 3.63) is 53.7 Å². The van der Waals surface area contributed by atoms with Gasteiger partial charge in [0.1, 0.15) is 0 Å². The number of hydrogen-bond acceptors (Lipinski definition) is 7. The Kier molecular flexibility index (Phi) is 6.08. The monoisotopic (exact) mass is 456 g/mol. The van der Waals surface area contributed by atoms with Crippen LogP contribution in [-0.4, -0.2) is 49.6 Å². The number of benzene rings is 2. The van der Waals surface area contributed by atoms with Crippen molar-refractivity contribution in [1.82, 2.24) is 9.88 Å². The summed E-state index contributed by atoms with van der Waals surface area (Å²) < 4.78 is 26.2. The van der Waals surface area contributed by atoms with E-state index >= 15 is 0 Å². The summed E-state index contributed by atoms with van der Waals surface area (Å²) in [5.74, 6) is -0.0909. The molecule has 162 valence electrons. The van der Waals surface area contributed by atoms with E-state index < -0.39 is 9.84 Å². The SMILES string of the molecule is CCN(CC)CCS(=O)(=O)c1ccc(NC=C2C(=O)Nc3ccc4ncsc4c32)cc1. The van der Waals surface area contributed by atoms with Gasteiger partial charge in [0.15, 0.2) is 9.84 Å². The van der Waals surface area contributed by atoms with E-state index in [-0.39, 0.29) is 11.7 Å². The lowest BCUT2D eigenvalue weighted by atomic mass is 10.1. The molecule has 0 radical (unpaired) electrons. The highest BCUT2D eigenvalue weighted by atomic mass is 32.2. The zero-order chi connectivity index (χ0) is 22.0. The second kappa shape index (κ2) is 8.78. The summed E-state index contributed by atoms with van der Waals surface area (Å²) in [5, 5.41) is 6.00. The fourth-order valence-corrected chi connectivity index (χ4v) is 5.70. The first-order valence-electron chi connectivity index (χ1n) is 10.1. The fraction of sp³-hybridized carbons (Fsp3) is 0.273. The molecule has 0 bridgehead atoms. The number of fused-ring (bicyclic) bond motifs is 3. The molecule has 0 spiro atoms. The third-order valence-corrected chi connectivity index (χ3v) is 8.00. The van der Waals surface area contributed by atoms with Crippen LogP contribution in [0.15, 0.2) is 53.0 Å². The molecule has 1 aliphatic heterocycles. The lowest BCUT2D eigenvalue weighted by Crippen LogP contribution is -2.29. The van der Waals surface area contributed by atoms with Crippen LogP contribution >= 0.6 is 11.3 Å². The zero-order valence-corrected chi connectivity index (χ0v) is 19.0. The third-order valence-electron chi connectivity index (χ3n) is 5.43. The molecule has 0 unspecified atom stereocenters. The number of rotatable bonds is 8. The summed E-state index contributed by atoms with van der Waals surface area (Å²) >= 11 is 1.49. The summed E-state index contributed by atoms with van der Waals surface area (Å²) in [6.45, 7) is 6.21. The van der Waals surface area contributed by atoms with Gasteiger partial charge < -0.3 is 15.5 Å². The Balaban J connectivity index is 1.51. The van der Waals surface area contributed by atoms with Crippen LogP contribution in [0.4, 0.5) is 11.4 Å². The van der Waals surface area contributed by atoms with E-state index in [0.29, 0.717) is 22.7 Å². The van der Waals surface area contributed by atoms with Crippen molar-refractivity contribution in [3.63, 3.8) is 0 Å². The van der Waals surface area contributed by atoms with Crippen molar-refractivity contribution >= 4 is 54.2 Å². The molecule has 1 aliphatic rings. The van der Waals surface area contributed by atoms with Crippen LogP contribution in [0.5, 0.6) is 0 Å². The molecule has 31 heavy (non-hydrogen) atoms. The molecule has 0 saturated heterocycles. The average Bonchev–Trinajstić information content (AvgIpc) is 3.36. The Morgan fingerprint density at radius 2 is 1.87 bits per heavy atom. The summed E-state index contributed by atoms with van der Waals surface area (Å²) in [6.07, 6.45) is 1.66. The molecule has 2 aromatic carbocycles. The number of carbonyl (C=O) groups excluding carboxylic acids is 1. The van der Waals surface area contributed by atoms with Gasteiger partial charge in [-0.25, -0.2) is 13.4 Å². The summed E-state index contributed by atoms with van der Waals surface area (Å²) in [6, 6.07) is 10.4. The van der Waals surface area contributed by atoms with Crippen LogP contribution in [0.25, 0.3) is 15.8 Å². The highest BCUT2D eigenvalue weighted by Gasteiger charge is 2.27. The lowest BCUT2D eigenvalue weighted by molar-refractivity contribution is -0.110. The topological polar surface area (TPSA) is 91.4 Å². The molecule has 4 rings (SSSR count). The number of aromatic nitrogens is 1. The predicted molar refractivity (Wildman–Crippen MR) is 126 cm³/mol. The molecule has 2 heterocycles. The number of anilines is 2. The molecule has 9 heteroatoms. The van der Waals surface area contributed by atoms with E-state index in [0.717, 1.165) is 34.6 Å². The number of hydrogen-bond donors (Lipinski definition) is 2. The maximum atomic E-state index is 12.6. The van der Waals surface area contributed by atoms with Crippen molar-refractivity contribution < 1.29 is 13.2 Å². The van der Waals surface area contributed by atoms with Gasteiger partial charge >= 0.3 is 0 Å². The van der Waals surface area contributed by atoms with E-state index in [9.17, 15) is 13.2 Å². The standard InChI is InChI=1S/C22H24N4O3S2/c1-3-26(4-2)11-12-31(28,29)16-7-5-15(6-8-16)23-13-17-20-18(25-22(17)27)9-10-19-21(20)30-14-24-19/h5-10,13-14,23H,3-4,11-12H2,1-2H3,(H,25,27). The molecule has 1 amide bonds. The minimum absolute atomic E-state index is 0.0906. The van der Waals surface area contributed by atoms with E-state index in [1.54, 1.807) is 36.0 Å². The van der Waals surface area contributed by atoms with Crippen LogP contribution in [0, 0.1) is 0 Å². The normalized spacial score (nSPS) is 14.9. The van der Waals surface area contributed by atoms with Crippen molar-refractivity contribution in [2.24, 2.45) is 0 Å². The summed E-state index contributed by atoms with van der Waals surface area (Å²) in [4.78, 5) is 19.2. The van der Waals surface area contributed by atoms with Gasteiger partial charge in [0.25, 0.3) is 5.91 Å². The van der Waals surface area contributed by atoms with E-state index in [1.807, 2.05) is 26.0 Å². The molecular weight excluding hydrogens is 432 g/mol. The van der Waals surface area contributed by atoms with Gasteiger partial charge in [0.2, 0.25) is 0 Å². The Morgan fingerprint density at radius 1 is 1.13 bits per heavy atom. The van der Waals surface area contributed by atoms with Gasteiger partial charge in [-0.1, -0.05) is 13.8 Å². The maximum absolute atomic E-state index is 12.6. The Morgan fingerprint density at radius 3 is 2.58 bits per heavy atom. The zero-order valence-electron chi connectivity index (χ0n) is 17.4. The molecule has 2 N–H and O–H groups in total. The minimum atomic E-state index is -3.34. The Hall–Kier alpha value is -2.75. The van der Waals surface area contributed by atoms with Crippen LogP contribution in [-0.2, 0) is 14.6 Å². The van der Waals surface area contributed by atoms with E-state index in [4.69, 9.17) is 0 Å². The molecule has 7 nitrogen and oxygen atoms in total. The van der Waals surface area contributed by atoms with Crippen LogP contribution in [0.2, 0.25) is 0 Å². The van der Waals surface area contributed by atoms with Gasteiger partial charge in [-0.3, -0.25) is 4.79 Å². The van der Waals surface area contributed by atoms with Gasteiger partial charge in [-0.05, 0) is 49.5 Å². The second-order valence-electron chi connectivity index (χ2n) is 7.22. The quantitative estimate of drug-likeness (QED) is 0.501.